The fourth-order valence-corrected chi connectivity index (χ4v) is 1.14. The molecule has 2 N–H and O–H groups in total. The third kappa shape index (κ3) is 4.14. The number of nitrogens with zero attached hydrogens (tertiary/aromatic N) is 1. The largest absolute Gasteiger partial charge is 0.504 e. The Labute approximate surface area is 100 Å². The van der Waals surface area contributed by atoms with Gasteiger partial charge < -0.3 is 9.84 Å². The molecule has 0 radical (unpaired) electrons. The van der Waals surface area contributed by atoms with Gasteiger partial charge in [0.2, 0.25) is 5.91 Å². The van der Waals surface area contributed by atoms with Crippen LogP contribution in [0.3, 0.4) is 0 Å². The summed E-state index contributed by atoms with van der Waals surface area (Å²) < 4.78 is 5.23. The van der Waals surface area contributed by atoms with E-state index in [1.807, 2.05) is 6.92 Å². The summed E-state index contributed by atoms with van der Waals surface area (Å²) in [5.41, 5.74) is 3.11. The SMILES string of the molecule is CCOc1cc(/C=N\NC(=O)CC)ccc1O. The molecule has 0 saturated carbocycles. The number of ether oxygens (including phenoxy) is 1. The van der Waals surface area contributed by atoms with Gasteiger partial charge in [-0.05, 0) is 30.7 Å². The van der Waals surface area contributed by atoms with Gasteiger partial charge in [-0.2, -0.15) is 5.10 Å². The molecule has 0 heterocycles. The summed E-state index contributed by atoms with van der Waals surface area (Å²) in [5, 5.41) is 13.3. The third-order valence-corrected chi connectivity index (χ3v) is 2.01. The van der Waals surface area contributed by atoms with Gasteiger partial charge in [0.1, 0.15) is 0 Å². The molecule has 92 valence electrons. The predicted molar refractivity (Wildman–Crippen MR) is 65.3 cm³/mol. The van der Waals surface area contributed by atoms with Gasteiger partial charge in [-0.25, -0.2) is 5.43 Å². The Morgan fingerprint density at radius 3 is 2.94 bits per heavy atom. The van der Waals surface area contributed by atoms with Crippen LogP contribution in [0.15, 0.2) is 23.3 Å². The molecule has 1 aromatic rings. The molecular weight excluding hydrogens is 220 g/mol. The lowest BCUT2D eigenvalue weighted by atomic mass is 10.2. The summed E-state index contributed by atoms with van der Waals surface area (Å²) in [6.45, 7) is 4.06. The number of nitrogens with one attached hydrogen (secondary N) is 1. The number of phenols is 1. The fraction of sp³-hybridized carbons (Fsp3) is 0.333. The van der Waals surface area contributed by atoms with E-state index in [2.05, 4.69) is 10.5 Å². The molecule has 5 heteroatoms. The monoisotopic (exact) mass is 236 g/mol. The van der Waals surface area contributed by atoms with Crippen molar-refractivity contribution in [2.45, 2.75) is 20.3 Å². The summed E-state index contributed by atoms with van der Waals surface area (Å²) in [4.78, 5) is 10.9. The Kier molecular flexibility index (Phi) is 5.00. The number of hydrazone groups is 1. The first-order valence-electron chi connectivity index (χ1n) is 5.45. The molecule has 0 aromatic heterocycles. The van der Waals surface area contributed by atoms with Crippen molar-refractivity contribution in [2.75, 3.05) is 6.61 Å². The lowest BCUT2D eigenvalue weighted by Gasteiger charge is -2.05. The van der Waals surface area contributed by atoms with Crippen LogP contribution < -0.4 is 10.2 Å². The van der Waals surface area contributed by atoms with Crippen LogP contribution in [-0.4, -0.2) is 23.8 Å². The van der Waals surface area contributed by atoms with E-state index in [0.29, 0.717) is 18.8 Å². The van der Waals surface area contributed by atoms with Crippen molar-refractivity contribution in [1.82, 2.24) is 5.43 Å². The van der Waals surface area contributed by atoms with Gasteiger partial charge in [0.25, 0.3) is 0 Å². The first-order chi connectivity index (χ1) is 8.17. The van der Waals surface area contributed by atoms with Gasteiger partial charge in [0.15, 0.2) is 11.5 Å². The number of carbonyl (C=O) groups excluding carboxylic acids is 1. The lowest BCUT2D eigenvalue weighted by molar-refractivity contribution is -0.120. The van der Waals surface area contributed by atoms with E-state index in [1.54, 1.807) is 19.1 Å². The van der Waals surface area contributed by atoms with Crippen molar-refractivity contribution in [3.63, 3.8) is 0 Å². The van der Waals surface area contributed by atoms with Crippen LogP contribution >= 0.6 is 0 Å². The van der Waals surface area contributed by atoms with Crippen LogP contribution in [0.2, 0.25) is 0 Å². The molecule has 17 heavy (non-hydrogen) atoms. The van der Waals surface area contributed by atoms with Gasteiger partial charge in [-0.15, -0.1) is 0 Å². The van der Waals surface area contributed by atoms with E-state index in [0.717, 1.165) is 5.56 Å². The highest BCUT2D eigenvalue weighted by Crippen LogP contribution is 2.25. The van der Waals surface area contributed by atoms with Crippen LogP contribution in [0.4, 0.5) is 0 Å². The van der Waals surface area contributed by atoms with Gasteiger partial charge in [-0.1, -0.05) is 6.92 Å². The number of hydrogen-bond acceptors (Lipinski definition) is 4. The van der Waals surface area contributed by atoms with E-state index in [9.17, 15) is 9.90 Å². The molecule has 1 aromatic carbocycles. The summed E-state index contributed by atoms with van der Waals surface area (Å²) in [7, 11) is 0. The second-order valence-corrected chi connectivity index (χ2v) is 3.31. The second-order valence-electron chi connectivity index (χ2n) is 3.31. The van der Waals surface area contributed by atoms with Crippen LogP contribution in [0.25, 0.3) is 0 Å². The Morgan fingerprint density at radius 1 is 1.53 bits per heavy atom. The molecule has 1 amide bonds. The number of carbonyl (C=O) groups is 1. The van der Waals surface area contributed by atoms with E-state index in [-0.39, 0.29) is 11.7 Å². The molecule has 0 bridgehead atoms. The summed E-state index contributed by atoms with van der Waals surface area (Å²) >= 11 is 0. The van der Waals surface area contributed by atoms with Crippen LogP contribution in [0, 0.1) is 0 Å². The maximum atomic E-state index is 10.9. The van der Waals surface area contributed by atoms with Gasteiger partial charge in [-0.3, -0.25) is 4.79 Å². The standard InChI is InChI=1S/C12H16N2O3/c1-3-12(16)14-13-8-9-5-6-10(15)11(7-9)17-4-2/h5-8,15H,3-4H2,1-2H3,(H,14,16)/b13-8-. The molecule has 0 fully saturated rings. The molecule has 0 spiro atoms. The molecule has 0 aliphatic carbocycles. The smallest absolute Gasteiger partial charge is 0.239 e. The number of phenolic OH excluding ortho intramolecular Hbond substituents is 1. The van der Waals surface area contributed by atoms with Gasteiger partial charge in [0, 0.05) is 6.42 Å². The molecule has 0 aliphatic rings. The molecule has 0 atom stereocenters. The minimum absolute atomic E-state index is 0.0848. The molecular formula is C12H16N2O3. The van der Waals surface area contributed by atoms with Crippen molar-refractivity contribution in [3.8, 4) is 11.5 Å². The average molecular weight is 236 g/mol. The Balaban J connectivity index is 2.71. The third-order valence-electron chi connectivity index (χ3n) is 2.01. The minimum Gasteiger partial charge on any atom is -0.504 e. The Morgan fingerprint density at radius 2 is 2.29 bits per heavy atom. The molecule has 0 unspecified atom stereocenters. The van der Waals surface area contributed by atoms with Gasteiger partial charge >= 0.3 is 0 Å². The quantitative estimate of drug-likeness (QED) is 0.603. The zero-order valence-corrected chi connectivity index (χ0v) is 9.93. The number of aromatic hydroxyl groups is 1. The number of rotatable bonds is 5. The summed E-state index contributed by atoms with van der Waals surface area (Å²) in [6, 6.07) is 4.86. The van der Waals surface area contributed by atoms with Crippen molar-refractivity contribution in [2.24, 2.45) is 5.10 Å². The summed E-state index contributed by atoms with van der Waals surface area (Å²) in [6.07, 6.45) is 1.88. The first-order valence-corrected chi connectivity index (χ1v) is 5.45. The zero-order valence-electron chi connectivity index (χ0n) is 9.93. The number of amides is 1. The molecule has 0 aliphatic heterocycles. The van der Waals surface area contributed by atoms with Crippen LogP contribution in [-0.2, 0) is 4.79 Å². The predicted octanol–water partition coefficient (Wildman–Crippen LogP) is 1.65. The maximum Gasteiger partial charge on any atom is 0.239 e. The lowest BCUT2D eigenvalue weighted by Crippen LogP contribution is -2.15. The van der Waals surface area contributed by atoms with Crippen LogP contribution in [0.5, 0.6) is 11.5 Å². The van der Waals surface area contributed by atoms with E-state index >= 15 is 0 Å². The zero-order chi connectivity index (χ0) is 12.7. The highest BCUT2D eigenvalue weighted by Gasteiger charge is 2.01. The van der Waals surface area contributed by atoms with Crippen LogP contribution in [0.1, 0.15) is 25.8 Å². The number of benzene rings is 1. The highest BCUT2D eigenvalue weighted by molar-refractivity contribution is 5.83. The van der Waals surface area contributed by atoms with Crippen molar-refractivity contribution in [1.29, 1.82) is 0 Å². The maximum absolute atomic E-state index is 10.9. The summed E-state index contributed by atoms with van der Waals surface area (Å²) in [5.74, 6) is 0.338. The number of hydrogen-bond donors (Lipinski definition) is 2. The Bertz CT molecular complexity index is 416. The average Bonchev–Trinajstić information content (AvgIpc) is 2.33. The first kappa shape index (κ1) is 13.0. The van der Waals surface area contributed by atoms with E-state index < -0.39 is 0 Å². The molecule has 5 nitrogen and oxygen atoms in total. The fourth-order valence-electron chi connectivity index (χ4n) is 1.14. The van der Waals surface area contributed by atoms with Crippen molar-refractivity contribution in [3.05, 3.63) is 23.8 Å². The highest BCUT2D eigenvalue weighted by atomic mass is 16.5. The topological polar surface area (TPSA) is 70.9 Å². The Hall–Kier alpha value is -2.04. The van der Waals surface area contributed by atoms with Crippen molar-refractivity contribution < 1.29 is 14.6 Å². The van der Waals surface area contributed by atoms with Crippen molar-refractivity contribution >= 4 is 12.1 Å². The normalized spacial score (nSPS) is 10.5. The molecule has 0 saturated heterocycles. The van der Waals surface area contributed by atoms with E-state index in [4.69, 9.17) is 4.74 Å². The molecule has 1 rings (SSSR count). The van der Waals surface area contributed by atoms with E-state index in [1.165, 1.54) is 12.3 Å². The second kappa shape index (κ2) is 6.52. The van der Waals surface area contributed by atoms with Gasteiger partial charge in [0.05, 0.1) is 12.8 Å². The minimum atomic E-state index is -0.148.